The molecular formula is C13H18O2. The van der Waals surface area contributed by atoms with Crippen LogP contribution in [0.4, 0.5) is 0 Å². The Bertz CT molecular complexity index is 350. The molecule has 2 spiro atoms. The molecule has 0 bridgehead atoms. The van der Waals surface area contributed by atoms with Crippen LogP contribution < -0.4 is 0 Å². The summed E-state index contributed by atoms with van der Waals surface area (Å²) in [5, 5.41) is 0. The lowest BCUT2D eigenvalue weighted by molar-refractivity contribution is -0.142. The van der Waals surface area contributed by atoms with Crippen molar-refractivity contribution >= 4 is 5.97 Å². The topological polar surface area (TPSA) is 26.3 Å². The summed E-state index contributed by atoms with van der Waals surface area (Å²) in [7, 11) is 0. The highest BCUT2D eigenvalue weighted by molar-refractivity contribution is 5.88. The Morgan fingerprint density at radius 1 is 1.33 bits per heavy atom. The quantitative estimate of drug-likeness (QED) is 0.570. The lowest BCUT2D eigenvalue weighted by Crippen LogP contribution is -2.25. The predicted octanol–water partition coefficient (Wildman–Crippen LogP) is 2.83. The van der Waals surface area contributed by atoms with Gasteiger partial charge in [0.15, 0.2) is 0 Å². The van der Waals surface area contributed by atoms with E-state index >= 15 is 0 Å². The highest BCUT2D eigenvalue weighted by Gasteiger charge is 2.78. The van der Waals surface area contributed by atoms with E-state index in [0.29, 0.717) is 11.3 Å². The molecule has 2 fully saturated rings. The zero-order valence-corrected chi connectivity index (χ0v) is 9.51. The Morgan fingerprint density at radius 2 is 2.00 bits per heavy atom. The first-order chi connectivity index (χ1) is 7.13. The largest absolute Gasteiger partial charge is 0.450 e. The highest BCUT2D eigenvalue weighted by atomic mass is 16.6. The van der Waals surface area contributed by atoms with Gasteiger partial charge in [-0.1, -0.05) is 26.2 Å². The number of hydrogen-bond acceptors (Lipinski definition) is 2. The number of ether oxygens (including phenoxy) is 1. The van der Waals surface area contributed by atoms with Crippen LogP contribution in [0.5, 0.6) is 0 Å². The normalized spacial score (nSPS) is 41.9. The van der Waals surface area contributed by atoms with Gasteiger partial charge in [0, 0.05) is 17.4 Å². The summed E-state index contributed by atoms with van der Waals surface area (Å²) in [6, 6.07) is 0. The highest BCUT2D eigenvalue weighted by Crippen LogP contribution is 2.74. The molecule has 0 aromatic carbocycles. The van der Waals surface area contributed by atoms with E-state index in [1.807, 2.05) is 0 Å². The van der Waals surface area contributed by atoms with Crippen molar-refractivity contribution in [1.82, 2.24) is 0 Å². The van der Waals surface area contributed by atoms with E-state index in [1.54, 1.807) is 6.08 Å². The standard InChI is InChI=1S/C13H18O2/c1-9-8-11(14)15-13(9)10(2)12(13)6-4-3-5-7-12/h8,10H,3-7H2,1-2H3/t10-,13-/m0/s1. The van der Waals surface area contributed by atoms with E-state index in [4.69, 9.17) is 4.74 Å². The third kappa shape index (κ3) is 0.889. The molecular weight excluding hydrogens is 188 g/mol. The summed E-state index contributed by atoms with van der Waals surface area (Å²) < 4.78 is 5.65. The molecule has 0 aromatic heterocycles. The average Bonchev–Trinajstić information content (AvgIpc) is 2.55. The van der Waals surface area contributed by atoms with Gasteiger partial charge in [-0.2, -0.15) is 0 Å². The first-order valence-electron chi connectivity index (χ1n) is 6.05. The molecule has 2 aliphatic carbocycles. The summed E-state index contributed by atoms with van der Waals surface area (Å²) in [6.45, 7) is 4.31. The van der Waals surface area contributed by atoms with Crippen LogP contribution >= 0.6 is 0 Å². The van der Waals surface area contributed by atoms with E-state index in [-0.39, 0.29) is 11.6 Å². The van der Waals surface area contributed by atoms with Crippen LogP contribution in [0.3, 0.4) is 0 Å². The second kappa shape index (κ2) is 2.66. The van der Waals surface area contributed by atoms with Gasteiger partial charge in [-0.25, -0.2) is 4.79 Å². The van der Waals surface area contributed by atoms with Gasteiger partial charge in [-0.05, 0) is 25.3 Å². The molecule has 1 heterocycles. The van der Waals surface area contributed by atoms with Crippen LogP contribution in [0.1, 0.15) is 46.0 Å². The summed E-state index contributed by atoms with van der Waals surface area (Å²) in [5.41, 5.74) is 1.28. The molecule has 2 saturated carbocycles. The van der Waals surface area contributed by atoms with Crippen molar-refractivity contribution in [2.24, 2.45) is 11.3 Å². The Labute approximate surface area is 90.7 Å². The summed E-state index contributed by atoms with van der Waals surface area (Å²) in [4.78, 5) is 11.4. The smallest absolute Gasteiger partial charge is 0.331 e. The van der Waals surface area contributed by atoms with Gasteiger partial charge in [0.05, 0.1) is 0 Å². The molecule has 0 aromatic rings. The van der Waals surface area contributed by atoms with Crippen LogP contribution in [0.15, 0.2) is 11.6 Å². The maximum absolute atomic E-state index is 11.4. The zero-order valence-electron chi connectivity index (χ0n) is 9.51. The van der Waals surface area contributed by atoms with Crippen LogP contribution in [-0.4, -0.2) is 11.6 Å². The van der Waals surface area contributed by atoms with Crippen molar-refractivity contribution in [1.29, 1.82) is 0 Å². The van der Waals surface area contributed by atoms with E-state index in [2.05, 4.69) is 13.8 Å². The minimum Gasteiger partial charge on any atom is -0.450 e. The molecule has 2 heteroatoms. The predicted molar refractivity (Wildman–Crippen MR) is 57.3 cm³/mol. The van der Waals surface area contributed by atoms with Gasteiger partial charge in [0.1, 0.15) is 5.60 Å². The fourth-order valence-corrected chi connectivity index (χ4v) is 4.24. The minimum absolute atomic E-state index is 0.123. The molecule has 0 unspecified atom stereocenters. The van der Waals surface area contributed by atoms with Crippen LogP contribution in [0, 0.1) is 11.3 Å². The maximum atomic E-state index is 11.4. The van der Waals surface area contributed by atoms with E-state index in [9.17, 15) is 4.79 Å². The first kappa shape index (κ1) is 9.44. The first-order valence-corrected chi connectivity index (χ1v) is 6.05. The van der Waals surface area contributed by atoms with Crippen molar-refractivity contribution in [3.63, 3.8) is 0 Å². The number of esters is 1. The van der Waals surface area contributed by atoms with Gasteiger partial charge < -0.3 is 4.74 Å². The molecule has 0 N–H and O–H groups in total. The summed E-state index contributed by atoms with van der Waals surface area (Å²) in [6.07, 6.45) is 8.13. The molecule has 2 nitrogen and oxygen atoms in total. The molecule has 1 aliphatic heterocycles. The minimum atomic E-state index is -0.190. The molecule has 82 valence electrons. The van der Waals surface area contributed by atoms with Gasteiger partial charge in [-0.3, -0.25) is 0 Å². The molecule has 3 aliphatic rings. The number of hydrogen-bond donors (Lipinski definition) is 0. The average molecular weight is 206 g/mol. The molecule has 15 heavy (non-hydrogen) atoms. The number of rotatable bonds is 0. The Kier molecular flexibility index (Phi) is 1.67. The van der Waals surface area contributed by atoms with E-state index in [1.165, 1.54) is 37.7 Å². The third-order valence-corrected chi connectivity index (χ3v) is 5.02. The molecule has 3 rings (SSSR count). The fourth-order valence-electron chi connectivity index (χ4n) is 4.24. The van der Waals surface area contributed by atoms with E-state index < -0.39 is 0 Å². The Balaban J connectivity index is 1.96. The zero-order chi connectivity index (χ0) is 10.7. The number of fused-ring (bicyclic) bond motifs is 1. The van der Waals surface area contributed by atoms with Gasteiger partial charge >= 0.3 is 5.97 Å². The van der Waals surface area contributed by atoms with Gasteiger partial charge in [-0.15, -0.1) is 0 Å². The van der Waals surface area contributed by atoms with Crippen LogP contribution in [0.2, 0.25) is 0 Å². The van der Waals surface area contributed by atoms with Crippen molar-refractivity contribution in [2.45, 2.75) is 51.6 Å². The Hall–Kier alpha value is -0.790. The van der Waals surface area contributed by atoms with Gasteiger partial charge in [0.2, 0.25) is 0 Å². The summed E-state index contributed by atoms with van der Waals surface area (Å²) >= 11 is 0. The van der Waals surface area contributed by atoms with Crippen LogP contribution in [0.25, 0.3) is 0 Å². The fraction of sp³-hybridized carbons (Fsp3) is 0.769. The molecule has 0 radical (unpaired) electrons. The Morgan fingerprint density at radius 3 is 2.53 bits per heavy atom. The molecule has 2 atom stereocenters. The monoisotopic (exact) mass is 206 g/mol. The second-order valence-corrected chi connectivity index (χ2v) is 5.42. The lowest BCUT2D eigenvalue weighted by atomic mass is 9.81. The van der Waals surface area contributed by atoms with E-state index in [0.717, 1.165) is 0 Å². The number of carbonyl (C=O) groups excluding carboxylic acids is 1. The van der Waals surface area contributed by atoms with Crippen molar-refractivity contribution in [3.8, 4) is 0 Å². The van der Waals surface area contributed by atoms with Gasteiger partial charge in [0.25, 0.3) is 0 Å². The van der Waals surface area contributed by atoms with Crippen molar-refractivity contribution < 1.29 is 9.53 Å². The molecule has 0 saturated heterocycles. The third-order valence-electron chi connectivity index (χ3n) is 5.02. The molecule has 0 amide bonds. The SMILES string of the molecule is CC1=CC(=O)O[C@]12[C@@H](C)C21CCCCC1. The van der Waals surface area contributed by atoms with Crippen LogP contribution in [-0.2, 0) is 9.53 Å². The summed E-state index contributed by atoms with van der Waals surface area (Å²) in [5.74, 6) is 0.412. The van der Waals surface area contributed by atoms with Crippen molar-refractivity contribution in [3.05, 3.63) is 11.6 Å². The lowest BCUT2D eigenvalue weighted by Gasteiger charge is -2.26. The maximum Gasteiger partial charge on any atom is 0.331 e. The number of carbonyl (C=O) groups is 1. The van der Waals surface area contributed by atoms with Crippen molar-refractivity contribution in [2.75, 3.05) is 0 Å². The second-order valence-electron chi connectivity index (χ2n) is 5.42.